The number of nitrogens with one attached hydrogen (secondary N) is 1. The summed E-state index contributed by atoms with van der Waals surface area (Å²) < 4.78 is 0. The summed E-state index contributed by atoms with van der Waals surface area (Å²) in [6.45, 7) is 8.24. The highest BCUT2D eigenvalue weighted by atomic mass is 15.2. The lowest BCUT2D eigenvalue weighted by Crippen LogP contribution is -2.32. The number of nitrogens with zero attached hydrogens (tertiary/aromatic N) is 4. The first-order valence-corrected chi connectivity index (χ1v) is 7.08. The Labute approximate surface area is 116 Å². The monoisotopic (exact) mass is 263 g/mol. The molecule has 1 aliphatic heterocycles. The van der Waals surface area contributed by atoms with E-state index in [0.29, 0.717) is 0 Å². The molecule has 1 atom stereocenters. The maximum Gasteiger partial charge on any atom is 0.149 e. The van der Waals surface area contributed by atoms with Crippen LogP contribution in [-0.4, -0.2) is 60.0 Å². The lowest BCUT2D eigenvalue weighted by molar-refractivity contribution is 0.219. The molecule has 0 saturated carbocycles. The van der Waals surface area contributed by atoms with E-state index in [9.17, 15) is 0 Å². The van der Waals surface area contributed by atoms with E-state index in [-0.39, 0.29) is 6.04 Å². The predicted molar refractivity (Wildman–Crippen MR) is 78.4 cm³/mol. The number of hydrogen-bond donors (Lipinski definition) is 1. The summed E-state index contributed by atoms with van der Waals surface area (Å²) >= 11 is 0. The smallest absolute Gasteiger partial charge is 0.149 e. The van der Waals surface area contributed by atoms with Gasteiger partial charge in [0, 0.05) is 24.8 Å². The van der Waals surface area contributed by atoms with Crippen LogP contribution in [0.25, 0.3) is 0 Å². The highest BCUT2D eigenvalue weighted by Gasteiger charge is 2.24. The third-order valence-corrected chi connectivity index (χ3v) is 3.59. The molecular formula is C14H25N5. The van der Waals surface area contributed by atoms with Crippen molar-refractivity contribution >= 4 is 5.82 Å². The first-order chi connectivity index (χ1) is 9.10. The van der Waals surface area contributed by atoms with Crippen molar-refractivity contribution in [2.24, 2.45) is 0 Å². The Morgan fingerprint density at radius 1 is 1.32 bits per heavy atom. The number of aryl methyl sites for hydroxylation is 1. The van der Waals surface area contributed by atoms with Crippen molar-refractivity contribution in [3.05, 3.63) is 17.6 Å². The van der Waals surface area contributed by atoms with Crippen molar-refractivity contribution < 1.29 is 0 Å². The Bertz CT molecular complexity index is 420. The normalized spacial score (nSPS) is 22.2. The topological polar surface area (TPSA) is 44.3 Å². The first-order valence-electron chi connectivity index (χ1n) is 7.08. The highest BCUT2D eigenvalue weighted by Crippen LogP contribution is 2.21. The molecule has 1 fully saturated rings. The summed E-state index contributed by atoms with van der Waals surface area (Å²) in [5.74, 6) is 1.87. The zero-order valence-electron chi connectivity index (χ0n) is 12.5. The number of aromatic nitrogens is 2. The molecule has 0 radical (unpaired) electrons. The van der Waals surface area contributed by atoms with E-state index in [4.69, 9.17) is 0 Å². The third-order valence-electron chi connectivity index (χ3n) is 3.59. The van der Waals surface area contributed by atoms with Gasteiger partial charge in [-0.3, -0.25) is 4.90 Å². The quantitative estimate of drug-likeness (QED) is 0.896. The molecule has 0 aliphatic carbocycles. The number of rotatable bonds is 3. The number of likely N-dealkylation sites (N-methyl/N-ethyl adjacent to an activating group) is 2. The SMILES string of the molecule is CCNc1cc(C)nc(C2CN(C)CCCN2C)n1. The van der Waals surface area contributed by atoms with Gasteiger partial charge in [-0.05, 0) is 47.5 Å². The fourth-order valence-corrected chi connectivity index (χ4v) is 2.56. The molecule has 106 valence electrons. The van der Waals surface area contributed by atoms with Gasteiger partial charge in [-0.25, -0.2) is 9.97 Å². The molecule has 19 heavy (non-hydrogen) atoms. The number of anilines is 1. The lowest BCUT2D eigenvalue weighted by atomic mass is 10.2. The van der Waals surface area contributed by atoms with Crippen LogP contribution < -0.4 is 5.32 Å². The largest absolute Gasteiger partial charge is 0.370 e. The van der Waals surface area contributed by atoms with Crippen molar-refractivity contribution in [1.29, 1.82) is 0 Å². The van der Waals surface area contributed by atoms with Crippen LogP contribution in [0.3, 0.4) is 0 Å². The molecular weight excluding hydrogens is 238 g/mol. The molecule has 2 rings (SSSR count). The van der Waals surface area contributed by atoms with Crippen molar-refractivity contribution in [3.63, 3.8) is 0 Å². The molecule has 1 aromatic rings. The second-order valence-electron chi connectivity index (χ2n) is 5.40. The molecule has 2 heterocycles. The average molecular weight is 263 g/mol. The summed E-state index contributed by atoms with van der Waals surface area (Å²) in [6, 6.07) is 2.29. The van der Waals surface area contributed by atoms with Crippen molar-refractivity contribution in [3.8, 4) is 0 Å². The zero-order chi connectivity index (χ0) is 13.8. The van der Waals surface area contributed by atoms with E-state index in [1.807, 2.05) is 13.0 Å². The second-order valence-corrected chi connectivity index (χ2v) is 5.40. The Morgan fingerprint density at radius 3 is 2.84 bits per heavy atom. The van der Waals surface area contributed by atoms with Gasteiger partial charge >= 0.3 is 0 Å². The van der Waals surface area contributed by atoms with Gasteiger partial charge in [0.2, 0.25) is 0 Å². The molecule has 5 nitrogen and oxygen atoms in total. The van der Waals surface area contributed by atoms with Gasteiger partial charge in [0.25, 0.3) is 0 Å². The van der Waals surface area contributed by atoms with E-state index >= 15 is 0 Å². The van der Waals surface area contributed by atoms with Gasteiger partial charge in [-0.2, -0.15) is 0 Å². The minimum Gasteiger partial charge on any atom is -0.370 e. The average Bonchev–Trinajstić information content (AvgIpc) is 2.51. The van der Waals surface area contributed by atoms with Crippen LogP contribution in [0.5, 0.6) is 0 Å². The molecule has 1 aliphatic rings. The van der Waals surface area contributed by atoms with Crippen LogP contribution in [0.2, 0.25) is 0 Å². The minimum atomic E-state index is 0.282. The second kappa shape index (κ2) is 6.30. The standard InChI is InChI=1S/C14H25N5/c1-5-15-13-9-11(2)16-14(17-13)12-10-18(3)7-6-8-19(12)4/h9,12H,5-8,10H2,1-4H3,(H,15,16,17). The van der Waals surface area contributed by atoms with E-state index in [1.165, 1.54) is 6.42 Å². The molecule has 1 N–H and O–H groups in total. The summed E-state index contributed by atoms with van der Waals surface area (Å²) in [5, 5.41) is 3.29. The summed E-state index contributed by atoms with van der Waals surface area (Å²) in [4.78, 5) is 14.1. The van der Waals surface area contributed by atoms with Gasteiger partial charge < -0.3 is 10.2 Å². The third kappa shape index (κ3) is 3.64. The van der Waals surface area contributed by atoms with E-state index in [1.54, 1.807) is 0 Å². The first kappa shape index (κ1) is 14.2. The van der Waals surface area contributed by atoms with Crippen molar-refractivity contribution in [1.82, 2.24) is 19.8 Å². The van der Waals surface area contributed by atoms with Crippen LogP contribution in [0.1, 0.15) is 30.9 Å². The molecule has 0 amide bonds. The van der Waals surface area contributed by atoms with Gasteiger partial charge in [-0.15, -0.1) is 0 Å². The highest BCUT2D eigenvalue weighted by molar-refractivity contribution is 5.36. The Morgan fingerprint density at radius 2 is 2.11 bits per heavy atom. The number of hydrogen-bond acceptors (Lipinski definition) is 5. The van der Waals surface area contributed by atoms with Crippen LogP contribution in [0.15, 0.2) is 6.07 Å². The van der Waals surface area contributed by atoms with Crippen molar-refractivity contribution in [2.75, 3.05) is 45.6 Å². The molecule has 0 aromatic carbocycles. The summed E-state index contributed by atoms with van der Waals surface area (Å²) in [5.41, 5.74) is 1.03. The summed E-state index contributed by atoms with van der Waals surface area (Å²) in [7, 11) is 4.34. The predicted octanol–water partition coefficient (Wildman–Crippen LogP) is 1.53. The molecule has 1 unspecified atom stereocenters. The minimum absolute atomic E-state index is 0.282. The fraction of sp³-hybridized carbons (Fsp3) is 0.714. The van der Waals surface area contributed by atoms with Gasteiger partial charge in [0.1, 0.15) is 11.6 Å². The van der Waals surface area contributed by atoms with E-state index in [0.717, 1.165) is 43.5 Å². The van der Waals surface area contributed by atoms with Crippen LogP contribution >= 0.6 is 0 Å². The van der Waals surface area contributed by atoms with E-state index < -0.39 is 0 Å². The molecule has 1 aromatic heterocycles. The van der Waals surface area contributed by atoms with Crippen molar-refractivity contribution in [2.45, 2.75) is 26.3 Å². The Hall–Kier alpha value is -1.20. The van der Waals surface area contributed by atoms with E-state index in [2.05, 4.69) is 46.1 Å². The zero-order valence-corrected chi connectivity index (χ0v) is 12.5. The van der Waals surface area contributed by atoms with Gasteiger partial charge in [0.05, 0.1) is 6.04 Å². The van der Waals surface area contributed by atoms with Crippen LogP contribution in [-0.2, 0) is 0 Å². The molecule has 0 spiro atoms. The maximum absolute atomic E-state index is 4.68. The molecule has 5 heteroatoms. The van der Waals surface area contributed by atoms with Gasteiger partial charge in [0.15, 0.2) is 0 Å². The van der Waals surface area contributed by atoms with Crippen LogP contribution in [0, 0.1) is 6.92 Å². The molecule has 1 saturated heterocycles. The lowest BCUT2D eigenvalue weighted by Gasteiger charge is -2.26. The Balaban J connectivity index is 2.27. The molecule has 0 bridgehead atoms. The fourth-order valence-electron chi connectivity index (χ4n) is 2.56. The Kier molecular flexibility index (Phi) is 4.71. The maximum atomic E-state index is 4.68. The van der Waals surface area contributed by atoms with Crippen LogP contribution in [0.4, 0.5) is 5.82 Å². The van der Waals surface area contributed by atoms with Gasteiger partial charge in [-0.1, -0.05) is 0 Å². The summed E-state index contributed by atoms with van der Waals surface area (Å²) in [6.07, 6.45) is 1.20.